The minimum Gasteiger partial charge on any atom is -0.369 e. The zero-order valence-electron chi connectivity index (χ0n) is 14.6. The van der Waals surface area contributed by atoms with Crippen molar-refractivity contribution in [3.8, 4) is 0 Å². The normalized spacial score (nSPS) is 21.2. The average Bonchev–Trinajstić information content (AvgIpc) is 2.97. The molecule has 0 aliphatic carbocycles. The first-order valence-corrected chi connectivity index (χ1v) is 9.28. The number of hydrogen-bond donors (Lipinski definition) is 0. The SMILES string of the molecule is O=C1C[C@H](N2CCN(c3cccc(Cl)c3)CC2)C(=O)N1c1ccccc1F. The summed E-state index contributed by atoms with van der Waals surface area (Å²) in [4.78, 5) is 30.4. The second-order valence-corrected chi connectivity index (χ2v) is 7.18. The van der Waals surface area contributed by atoms with Gasteiger partial charge in [-0.2, -0.15) is 0 Å². The van der Waals surface area contributed by atoms with Crippen LogP contribution in [0, 0.1) is 5.82 Å². The number of benzene rings is 2. The van der Waals surface area contributed by atoms with Crippen molar-refractivity contribution in [1.29, 1.82) is 0 Å². The van der Waals surface area contributed by atoms with Crippen molar-refractivity contribution in [2.24, 2.45) is 0 Å². The molecular weight excluding hydrogens is 369 g/mol. The third kappa shape index (κ3) is 3.42. The maximum atomic E-state index is 14.1. The van der Waals surface area contributed by atoms with Crippen LogP contribution in [0.2, 0.25) is 5.02 Å². The fourth-order valence-electron chi connectivity index (χ4n) is 3.75. The first kappa shape index (κ1) is 17.9. The highest BCUT2D eigenvalue weighted by Gasteiger charge is 2.44. The van der Waals surface area contributed by atoms with Crippen LogP contribution in [0.25, 0.3) is 0 Å². The number of rotatable bonds is 3. The molecule has 27 heavy (non-hydrogen) atoms. The molecule has 0 bridgehead atoms. The third-order valence-corrected chi connectivity index (χ3v) is 5.38. The van der Waals surface area contributed by atoms with E-state index in [1.54, 1.807) is 6.07 Å². The van der Waals surface area contributed by atoms with E-state index >= 15 is 0 Å². The topological polar surface area (TPSA) is 43.9 Å². The number of amides is 2. The maximum absolute atomic E-state index is 14.1. The van der Waals surface area contributed by atoms with Crippen LogP contribution < -0.4 is 9.80 Å². The summed E-state index contributed by atoms with van der Waals surface area (Å²) in [6, 6.07) is 13.0. The van der Waals surface area contributed by atoms with Gasteiger partial charge in [0.1, 0.15) is 5.82 Å². The van der Waals surface area contributed by atoms with Gasteiger partial charge >= 0.3 is 0 Å². The fourth-order valence-corrected chi connectivity index (χ4v) is 3.94. The minimum atomic E-state index is -0.564. The highest BCUT2D eigenvalue weighted by atomic mass is 35.5. The number of anilines is 2. The van der Waals surface area contributed by atoms with E-state index < -0.39 is 11.9 Å². The zero-order chi connectivity index (χ0) is 19.0. The smallest absolute Gasteiger partial charge is 0.251 e. The van der Waals surface area contributed by atoms with Gasteiger partial charge in [0.15, 0.2) is 0 Å². The highest BCUT2D eigenvalue weighted by Crippen LogP contribution is 2.29. The molecule has 140 valence electrons. The number of carbonyl (C=O) groups excluding carboxylic acids is 2. The summed E-state index contributed by atoms with van der Waals surface area (Å²) >= 11 is 6.06. The van der Waals surface area contributed by atoms with Gasteiger partial charge in [-0.15, -0.1) is 0 Å². The Hall–Kier alpha value is -2.44. The highest BCUT2D eigenvalue weighted by molar-refractivity contribution is 6.30. The van der Waals surface area contributed by atoms with Crippen molar-refractivity contribution in [1.82, 2.24) is 4.90 Å². The Bertz CT molecular complexity index is 883. The molecule has 2 aromatic carbocycles. The maximum Gasteiger partial charge on any atom is 0.251 e. The van der Waals surface area contributed by atoms with E-state index in [9.17, 15) is 14.0 Å². The van der Waals surface area contributed by atoms with Gasteiger partial charge in [0, 0.05) is 36.9 Å². The molecule has 2 heterocycles. The Balaban J connectivity index is 1.45. The van der Waals surface area contributed by atoms with E-state index in [-0.39, 0.29) is 23.9 Å². The van der Waals surface area contributed by atoms with Crippen LogP contribution in [0.3, 0.4) is 0 Å². The van der Waals surface area contributed by atoms with E-state index in [1.807, 2.05) is 29.2 Å². The van der Waals surface area contributed by atoms with E-state index in [0.717, 1.165) is 23.7 Å². The summed E-state index contributed by atoms with van der Waals surface area (Å²) in [6.07, 6.45) is 0.0876. The average molecular weight is 388 g/mol. The molecule has 0 radical (unpaired) electrons. The molecule has 2 aromatic rings. The summed E-state index contributed by atoms with van der Waals surface area (Å²) < 4.78 is 14.1. The zero-order valence-corrected chi connectivity index (χ0v) is 15.4. The summed E-state index contributed by atoms with van der Waals surface area (Å²) in [7, 11) is 0. The van der Waals surface area contributed by atoms with Gasteiger partial charge in [0.05, 0.1) is 18.2 Å². The number of halogens is 2. The van der Waals surface area contributed by atoms with Crippen molar-refractivity contribution in [3.05, 3.63) is 59.4 Å². The quantitative estimate of drug-likeness (QED) is 0.759. The van der Waals surface area contributed by atoms with Gasteiger partial charge in [-0.1, -0.05) is 29.8 Å². The van der Waals surface area contributed by atoms with Gasteiger partial charge in [-0.3, -0.25) is 14.5 Å². The number of hydrogen-bond acceptors (Lipinski definition) is 4. The number of piperazine rings is 1. The Morgan fingerprint density at radius 3 is 2.41 bits per heavy atom. The molecular formula is C20H19ClFN3O2. The largest absolute Gasteiger partial charge is 0.369 e. The lowest BCUT2D eigenvalue weighted by atomic mass is 10.1. The Labute approximate surface area is 161 Å². The number of para-hydroxylation sites is 1. The standard InChI is InChI=1S/C20H19ClFN3O2/c21-14-4-3-5-15(12-14)23-8-10-24(11-9-23)18-13-19(26)25(20(18)27)17-7-2-1-6-16(17)22/h1-7,12,18H,8-11,13H2/t18-/m0/s1. The molecule has 0 unspecified atom stereocenters. The molecule has 7 heteroatoms. The van der Waals surface area contributed by atoms with Crippen molar-refractivity contribution >= 4 is 34.8 Å². The van der Waals surface area contributed by atoms with Crippen LogP contribution in [-0.2, 0) is 9.59 Å². The predicted octanol–water partition coefficient (Wildman–Crippen LogP) is 2.93. The van der Waals surface area contributed by atoms with E-state index in [1.165, 1.54) is 18.2 Å². The Kier molecular flexibility index (Phi) is 4.85. The monoisotopic (exact) mass is 387 g/mol. The molecule has 2 fully saturated rings. The van der Waals surface area contributed by atoms with Gasteiger partial charge in [-0.05, 0) is 30.3 Å². The minimum absolute atomic E-state index is 0.0348. The van der Waals surface area contributed by atoms with Gasteiger partial charge in [0.2, 0.25) is 5.91 Å². The lowest BCUT2D eigenvalue weighted by molar-refractivity contribution is -0.123. The molecule has 4 rings (SSSR count). The molecule has 0 aromatic heterocycles. The van der Waals surface area contributed by atoms with Crippen LogP contribution in [0.5, 0.6) is 0 Å². The summed E-state index contributed by atoms with van der Waals surface area (Å²) in [5.74, 6) is -1.26. The predicted molar refractivity (Wildman–Crippen MR) is 103 cm³/mol. The van der Waals surface area contributed by atoms with Crippen LogP contribution in [0.1, 0.15) is 6.42 Å². The van der Waals surface area contributed by atoms with E-state index in [4.69, 9.17) is 11.6 Å². The molecule has 0 spiro atoms. The second-order valence-electron chi connectivity index (χ2n) is 6.74. The van der Waals surface area contributed by atoms with Gasteiger partial charge < -0.3 is 4.90 Å². The van der Waals surface area contributed by atoms with Crippen LogP contribution in [0.15, 0.2) is 48.5 Å². The van der Waals surface area contributed by atoms with Crippen molar-refractivity contribution < 1.29 is 14.0 Å². The summed E-state index contributed by atoms with van der Waals surface area (Å²) in [6.45, 7) is 2.78. The lowest BCUT2D eigenvalue weighted by Crippen LogP contribution is -2.52. The van der Waals surface area contributed by atoms with Crippen molar-refractivity contribution in [3.63, 3.8) is 0 Å². The fraction of sp³-hybridized carbons (Fsp3) is 0.300. The first-order valence-electron chi connectivity index (χ1n) is 8.90. The van der Waals surface area contributed by atoms with Gasteiger partial charge in [-0.25, -0.2) is 9.29 Å². The number of imide groups is 1. The Morgan fingerprint density at radius 2 is 1.70 bits per heavy atom. The molecule has 5 nitrogen and oxygen atoms in total. The summed E-state index contributed by atoms with van der Waals surface area (Å²) in [5.41, 5.74) is 1.08. The first-order chi connectivity index (χ1) is 13.0. The van der Waals surface area contributed by atoms with Crippen LogP contribution in [0.4, 0.5) is 15.8 Å². The molecule has 0 saturated carbocycles. The molecule has 2 aliphatic rings. The number of nitrogens with zero attached hydrogens (tertiary/aromatic N) is 3. The van der Waals surface area contributed by atoms with E-state index in [2.05, 4.69) is 4.90 Å². The van der Waals surface area contributed by atoms with Crippen molar-refractivity contribution in [2.75, 3.05) is 36.0 Å². The van der Waals surface area contributed by atoms with Crippen LogP contribution in [-0.4, -0.2) is 48.9 Å². The third-order valence-electron chi connectivity index (χ3n) is 5.14. The van der Waals surface area contributed by atoms with E-state index in [0.29, 0.717) is 18.1 Å². The molecule has 0 N–H and O–H groups in total. The van der Waals surface area contributed by atoms with Crippen molar-refractivity contribution in [2.45, 2.75) is 12.5 Å². The molecule has 1 atom stereocenters. The molecule has 2 amide bonds. The Morgan fingerprint density at radius 1 is 0.963 bits per heavy atom. The molecule has 2 saturated heterocycles. The molecule has 2 aliphatic heterocycles. The second kappa shape index (κ2) is 7.29. The van der Waals surface area contributed by atoms with Gasteiger partial charge in [0.25, 0.3) is 5.91 Å². The summed E-state index contributed by atoms with van der Waals surface area (Å²) in [5, 5.41) is 0.687. The lowest BCUT2D eigenvalue weighted by Gasteiger charge is -2.38. The van der Waals surface area contributed by atoms with Crippen LogP contribution >= 0.6 is 11.6 Å². The number of carbonyl (C=O) groups is 2.